The molecule has 0 radical (unpaired) electrons. The Morgan fingerprint density at radius 1 is 1.43 bits per heavy atom. The van der Waals surface area contributed by atoms with Crippen molar-refractivity contribution in [3.05, 3.63) is 28.8 Å². The van der Waals surface area contributed by atoms with E-state index in [9.17, 15) is 5.11 Å². The van der Waals surface area contributed by atoms with E-state index in [1.54, 1.807) is 7.11 Å². The lowest BCUT2D eigenvalue weighted by molar-refractivity contribution is 0.0149. The van der Waals surface area contributed by atoms with Crippen LogP contribution in [0.25, 0.3) is 0 Å². The molecule has 0 aromatic heterocycles. The Labute approximate surface area is 130 Å². The second-order valence-corrected chi connectivity index (χ2v) is 5.53. The Kier molecular flexibility index (Phi) is 6.73. The molecule has 0 aliphatic carbocycles. The van der Waals surface area contributed by atoms with Crippen molar-refractivity contribution >= 4 is 11.6 Å². The lowest BCUT2D eigenvalue weighted by atomic mass is 10.2. The highest BCUT2D eigenvalue weighted by atomic mass is 35.5. The number of ether oxygens (including phenoxy) is 2. The first-order valence-corrected chi connectivity index (χ1v) is 7.58. The third-order valence-electron chi connectivity index (χ3n) is 3.55. The number of nitrogens with zero attached hydrogens (tertiary/aromatic N) is 1. The van der Waals surface area contributed by atoms with E-state index in [1.807, 2.05) is 18.2 Å². The van der Waals surface area contributed by atoms with Crippen molar-refractivity contribution in [3.8, 4) is 5.75 Å². The summed E-state index contributed by atoms with van der Waals surface area (Å²) in [7, 11) is 1.63. The van der Waals surface area contributed by atoms with Crippen LogP contribution in [-0.4, -0.2) is 62.6 Å². The number of rotatable bonds is 7. The Bertz CT molecular complexity index is 439. The van der Waals surface area contributed by atoms with E-state index in [4.69, 9.17) is 21.1 Å². The highest BCUT2D eigenvalue weighted by Gasteiger charge is 2.15. The fraction of sp³-hybridized carbons (Fsp3) is 0.600. The summed E-state index contributed by atoms with van der Waals surface area (Å²) in [5, 5.41) is 14.0. The van der Waals surface area contributed by atoms with Gasteiger partial charge in [0.05, 0.1) is 26.4 Å². The van der Waals surface area contributed by atoms with Gasteiger partial charge in [-0.2, -0.15) is 0 Å². The maximum atomic E-state index is 10.1. The molecule has 5 nitrogen and oxygen atoms in total. The van der Waals surface area contributed by atoms with Crippen LogP contribution in [0.2, 0.25) is 5.02 Å². The minimum Gasteiger partial charge on any atom is -0.496 e. The van der Waals surface area contributed by atoms with E-state index in [2.05, 4.69) is 10.2 Å². The van der Waals surface area contributed by atoms with Gasteiger partial charge in [0, 0.05) is 43.3 Å². The molecule has 1 unspecified atom stereocenters. The summed E-state index contributed by atoms with van der Waals surface area (Å²) < 4.78 is 10.6. The highest BCUT2D eigenvalue weighted by Crippen LogP contribution is 2.25. The minimum atomic E-state index is -0.406. The van der Waals surface area contributed by atoms with Gasteiger partial charge in [-0.3, -0.25) is 4.90 Å². The molecule has 1 aromatic rings. The SMILES string of the molecule is COc1cccc(Cl)c1CNCC(O)CN1CCOCC1. The Hall–Kier alpha value is -0.850. The number of morpholine rings is 1. The molecule has 21 heavy (non-hydrogen) atoms. The Morgan fingerprint density at radius 3 is 2.90 bits per heavy atom. The molecule has 1 aliphatic heterocycles. The van der Waals surface area contributed by atoms with E-state index < -0.39 is 6.10 Å². The molecule has 1 heterocycles. The molecule has 6 heteroatoms. The minimum absolute atomic E-state index is 0.406. The summed E-state index contributed by atoms with van der Waals surface area (Å²) in [5.41, 5.74) is 0.917. The van der Waals surface area contributed by atoms with Crippen molar-refractivity contribution in [3.63, 3.8) is 0 Å². The zero-order valence-corrected chi connectivity index (χ0v) is 13.1. The first kappa shape index (κ1) is 16.5. The second kappa shape index (κ2) is 8.56. The monoisotopic (exact) mass is 314 g/mol. The van der Waals surface area contributed by atoms with Crippen LogP contribution in [0.15, 0.2) is 18.2 Å². The van der Waals surface area contributed by atoms with Crippen molar-refractivity contribution in [2.24, 2.45) is 0 Å². The molecule has 1 fully saturated rings. The Morgan fingerprint density at radius 2 is 2.19 bits per heavy atom. The molecule has 118 valence electrons. The fourth-order valence-corrected chi connectivity index (χ4v) is 2.64. The van der Waals surface area contributed by atoms with Gasteiger partial charge < -0.3 is 19.9 Å². The molecule has 0 amide bonds. The van der Waals surface area contributed by atoms with Crippen LogP contribution in [-0.2, 0) is 11.3 Å². The lowest BCUT2D eigenvalue weighted by Crippen LogP contribution is -2.43. The summed E-state index contributed by atoms with van der Waals surface area (Å²) in [4.78, 5) is 2.21. The van der Waals surface area contributed by atoms with Gasteiger partial charge in [0.2, 0.25) is 0 Å². The van der Waals surface area contributed by atoms with Gasteiger partial charge in [-0.05, 0) is 12.1 Å². The zero-order chi connectivity index (χ0) is 15.1. The van der Waals surface area contributed by atoms with E-state index in [1.165, 1.54) is 0 Å². The van der Waals surface area contributed by atoms with Gasteiger partial charge in [-0.15, -0.1) is 0 Å². The summed E-state index contributed by atoms with van der Waals surface area (Å²) in [6.45, 7) is 5.02. The molecular weight excluding hydrogens is 292 g/mol. The summed E-state index contributed by atoms with van der Waals surface area (Å²) >= 11 is 6.17. The van der Waals surface area contributed by atoms with Gasteiger partial charge in [0.1, 0.15) is 5.75 Å². The number of nitrogens with one attached hydrogen (secondary N) is 1. The van der Waals surface area contributed by atoms with Crippen molar-refractivity contribution < 1.29 is 14.6 Å². The molecule has 2 rings (SSSR count). The van der Waals surface area contributed by atoms with Gasteiger partial charge in [-0.1, -0.05) is 17.7 Å². The van der Waals surface area contributed by atoms with Crippen LogP contribution in [0.4, 0.5) is 0 Å². The van der Waals surface area contributed by atoms with Crippen molar-refractivity contribution in [1.29, 1.82) is 0 Å². The van der Waals surface area contributed by atoms with Gasteiger partial charge >= 0.3 is 0 Å². The highest BCUT2D eigenvalue weighted by molar-refractivity contribution is 6.31. The third-order valence-corrected chi connectivity index (χ3v) is 3.90. The molecular formula is C15H23ClN2O3. The molecule has 1 aliphatic rings. The largest absolute Gasteiger partial charge is 0.496 e. The number of hydrogen-bond acceptors (Lipinski definition) is 5. The zero-order valence-electron chi connectivity index (χ0n) is 12.3. The van der Waals surface area contributed by atoms with Crippen LogP contribution >= 0.6 is 11.6 Å². The summed E-state index contributed by atoms with van der Waals surface area (Å²) in [6, 6.07) is 5.58. The number of aliphatic hydroxyl groups excluding tert-OH is 1. The number of benzene rings is 1. The predicted octanol–water partition coefficient (Wildman–Crippen LogP) is 1.13. The number of aliphatic hydroxyl groups is 1. The molecule has 0 bridgehead atoms. The number of halogens is 1. The van der Waals surface area contributed by atoms with Crippen molar-refractivity contribution in [2.75, 3.05) is 46.5 Å². The van der Waals surface area contributed by atoms with Crippen LogP contribution < -0.4 is 10.1 Å². The molecule has 0 spiro atoms. The van der Waals surface area contributed by atoms with Gasteiger partial charge in [0.15, 0.2) is 0 Å². The molecule has 2 N–H and O–H groups in total. The van der Waals surface area contributed by atoms with E-state index in [0.717, 1.165) is 37.6 Å². The summed E-state index contributed by atoms with van der Waals surface area (Å²) in [6.07, 6.45) is -0.406. The molecule has 1 atom stereocenters. The van der Waals surface area contributed by atoms with Crippen molar-refractivity contribution in [2.45, 2.75) is 12.6 Å². The van der Waals surface area contributed by atoms with E-state index in [0.29, 0.717) is 24.7 Å². The first-order valence-electron chi connectivity index (χ1n) is 7.21. The Balaban J connectivity index is 1.76. The average molecular weight is 315 g/mol. The first-order chi connectivity index (χ1) is 10.2. The standard InChI is InChI=1S/C15H23ClN2O3/c1-20-15-4-2-3-14(16)13(15)10-17-9-12(19)11-18-5-7-21-8-6-18/h2-4,12,17,19H,5-11H2,1H3. The third kappa shape index (κ3) is 5.13. The number of methoxy groups -OCH3 is 1. The van der Waals surface area contributed by atoms with Gasteiger partial charge in [-0.25, -0.2) is 0 Å². The van der Waals surface area contributed by atoms with Crippen LogP contribution in [0.1, 0.15) is 5.56 Å². The second-order valence-electron chi connectivity index (χ2n) is 5.12. The van der Waals surface area contributed by atoms with Crippen LogP contribution in [0.3, 0.4) is 0 Å². The van der Waals surface area contributed by atoms with E-state index in [-0.39, 0.29) is 0 Å². The maximum Gasteiger partial charge on any atom is 0.124 e. The van der Waals surface area contributed by atoms with Crippen molar-refractivity contribution in [1.82, 2.24) is 10.2 Å². The maximum absolute atomic E-state index is 10.1. The fourth-order valence-electron chi connectivity index (χ4n) is 2.41. The molecule has 1 saturated heterocycles. The van der Waals surface area contributed by atoms with Crippen LogP contribution in [0, 0.1) is 0 Å². The number of hydrogen-bond donors (Lipinski definition) is 2. The molecule has 1 aromatic carbocycles. The summed E-state index contributed by atoms with van der Waals surface area (Å²) in [5.74, 6) is 0.762. The smallest absolute Gasteiger partial charge is 0.124 e. The predicted molar refractivity (Wildman–Crippen MR) is 83.0 cm³/mol. The van der Waals surface area contributed by atoms with E-state index >= 15 is 0 Å². The quantitative estimate of drug-likeness (QED) is 0.790. The average Bonchev–Trinajstić information content (AvgIpc) is 2.49. The molecule has 0 saturated carbocycles. The normalized spacial score (nSPS) is 17.7. The lowest BCUT2D eigenvalue weighted by Gasteiger charge is -2.28. The van der Waals surface area contributed by atoms with Crippen LogP contribution in [0.5, 0.6) is 5.75 Å². The number of β-amino-alcohol motifs (C(OH)–C–C–N with tert-alkyl or cyclic N) is 1. The van der Waals surface area contributed by atoms with Gasteiger partial charge in [0.25, 0.3) is 0 Å². The topological polar surface area (TPSA) is 54.0 Å².